The number of benzene rings is 1. The fourth-order valence-corrected chi connectivity index (χ4v) is 3.08. The highest BCUT2D eigenvalue weighted by Gasteiger charge is 2.28. The van der Waals surface area contributed by atoms with Crippen LogP contribution in [0.15, 0.2) is 24.3 Å². The standard InChI is InChI=1S/C21H29NO6/c1-4-26-21(25)17-8-10-22(11-9-17)19(23)14-27-20(24)13-16-6-5-7-18(12-16)28-15(2)3/h5-7,12,15,17H,4,8-11,13-14H2,1-3H3. The van der Waals surface area contributed by atoms with Crippen molar-refractivity contribution in [2.75, 3.05) is 26.3 Å². The van der Waals surface area contributed by atoms with Crippen molar-refractivity contribution < 1.29 is 28.6 Å². The second-order valence-electron chi connectivity index (χ2n) is 7.06. The van der Waals surface area contributed by atoms with E-state index in [1.165, 1.54) is 0 Å². The van der Waals surface area contributed by atoms with Crippen molar-refractivity contribution in [2.45, 2.75) is 46.1 Å². The fraction of sp³-hybridized carbons (Fsp3) is 0.571. The maximum absolute atomic E-state index is 12.2. The van der Waals surface area contributed by atoms with Crippen molar-refractivity contribution in [1.82, 2.24) is 4.90 Å². The lowest BCUT2D eigenvalue weighted by atomic mass is 9.97. The molecule has 0 radical (unpaired) electrons. The van der Waals surface area contributed by atoms with Gasteiger partial charge in [-0.05, 0) is 51.3 Å². The Morgan fingerprint density at radius 1 is 1.14 bits per heavy atom. The molecule has 1 heterocycles. The molecule has 1 aromatic carbocycles. The third-order valence-electron chi connectivity index (χ3n) is 4.44. The molecule has 0 aromatic heterocycles. The molecule has 7 nitrogen and oxygen atoms in total. The Balaban J connectivity index is 1.74. The normalized spacial score (nSPS) is 14.6. The van der Waals surface area contributed by atoms with Crippen LogP contribution in [0, 0.1) is 5.92 Å². The zero-order valence-corrected chi connectivity index (χ0v) is 16.8. The highest BCUT2D eigenvalue weighted by Crippen LogP contribution is 2.19. The van der Waals surface area contributed by atoms with Crippen LogP contribution in [0.5, 0.6) is 5.75 Å². The van der Waals surface area contributed by atoms with E-state index < -0.39 is 5.97 Å². The summed E-state index contributed by atoms with van der Waals surface area (Å²) < 4.78 is 15.8. The molecule has 0 aliphatic carbocycles. The molecule has 0 N–H and O–H groups in total. The highest BCUT2D eigenvalue weighted by molar-refractivity contribution is 5.81. The SMILES string of the molecule is CCOC(=O)C1CCN(C(=O)COC(=O)Cc2cccc(OC(C)C)c2)CC1. The molecule has 154 valence electrons. The van der Waals surface area contributed by atoms with E-state index in [1.54, 1.807) is 17.9 Å². The van der Waals surface area contributed by atoms with E-state index in [9.17, 15) is 14.4 Å². The van der Waals surface area contributed by atoms with Gasteiger partial charge in [0.2, 0.25) is 0 Å². The summed E-state index contributed by atoms with van der Waals surface area (Å²) in [6.45, 7) is 6.65. The van der Waals surface area contributed by atoms with Crippen molar-refractivity contribution in [2.24, 2.45) is 5.92 Å². The summed E-state index contributed by atoms with van der Waals surface area (Å²) in [6.07, 6.45) is 1.27. The Morgan fingerprint density at radius 3 is 2.50 bits per heavy atom. The summed E-state index contributed by atoms with van der Waals surface area (Å²) in [4.78, 5) is 37.7. The summed E-state index contributed by atoms with van der Waals surface area (Å²) in [6, 6.07) is 7.26. The van der Waals surface area contributed by atoms with Crippen molar-refractivity contribution in [3.63, 3.8) is 0 Å². The predicted molar refractivity (Wildman–Crippen MR) is 103 cm³/mol. The first-order valence-corrected chi connectivity index (χ1v) is 9.74. The van der Waals surface area contributed by atoms with Crippen molar-refractivity contribution >= 4 is 17.8 Å². The number of piperidine rings is 1. The number of ether oxygens (including phenoxy) is 3. The Labute approximate surface area is 165 Å². The quantitative estimate of drug-likeness (QED) is 0.633. The van der Waals surface area contributed by atoms with Crippen LogP contribution in [0.4, 0.5) is 0 Å². The van der Waals surface area contributed by atoms with Gasteiger partial charge >= 0.3 is 11.9 Å². The Morgan fingerprint density at radius 2 is 1.86 bits per heavy atom. The Bertz CT molecular complexity index is 679. The first-order valence-electron chi connectivity index (χ1n) is 9.74. The molecule has 0 bridgehead atoms. The van der Waals surface area contributed by atoms with E-state index in [-0.39, 0.29) is 36.9 Å². The molecular weight excluding hydrogens is 362 g/mol. The average molecular weight is 391 g/mol. The van der Waals surface area contributed by atoms with Gasteiger partial charge in [-0.3, -0.25) is 14.4 Å². The fourth-order valence-electron chi connectivity index (χ4n) is 3.08. The Kier molecular flexibility index (Phi) is 8.29. The summed E-state index contributed by atoms with van der Waals surface area (Å²) in [7, 11) is 0. The predicted octanol–water partition coefficient (Wildman–Crippen LogP) is 2.36. The molecule has 28 heavy (non-hydrogen) atoms. The molecule has 1 saturated heterocycles. The monoisotopic (exact) mass is 391 g/mol. The minimum Gasteiger partial charge on any atom is -0.491 e. The zero-order chi connectivity index (χ0) is 20.5. The lowest BCUT2D eigenvalue weighted by Crippen LogP contribution is -2.42. The second-order valence-corrected chi connectivity index (χ2v) is 7.06. The van der Waals surface area contributed by atoms with E-state index in [4.69, 9.17) is 14.2 Å². The number of hydrogen-bond acceptors (Lipinski definition) is 6. The van der Waals surface area contributed by atoms with Crippen molar-refractivity contribution in [3.05, 3.63) is 29.8 Å². The van der Waals surface area contributed by atoms with Crippen LogP contribution >= 0.6 is 0 Å². The lowest BCUT2D eigenvalue weighted by molar-refractivity contribution is -0.154. The van der Waals surface area contributed by atoms with Crippen LogP contribution in [0.2, 0.25) is 0 Å². The molecule has 0 spiro atoms. The maximum Gasteiger partial charge on any atom is 0.310 e. The van der Waals surface area contributed by atoms with Gasteiger partial charge in [-0.2, -0.15) is 0 Å². The third kappa shape index (κ3) is 6.87. The zero-order valence-electron chi connectivity index (χ0n) is 16.8. The molecule has 1 fully saturated rings. The van der Waals surface area contributed by atoms with Crippen LogP contribution in [0.1, 0.15) is 39.2 Å². The lowest BCUT2D eigenvalue weighted by Gasteiger charge is -2.30. The molecule has 0 saturated carbocycles. The number of rotatable bonds is 8. The smallest absolute Gasteiger partial charge is 0.310 e. The number of amides is 1. The van der Waals surface area contributed by atoms with Gasteiger partial charge in [0.15, 0.2) is 6.61 Å². The van der Waals surface area contributed by atoms with E-state index in [0.717, 1.165) is 5.56 Å². The molecular formula is C21H29NO6. The van der Waals surface area contributed by atoms with Crippen molar-refractivity contribution in [1.29, 1.82) is 0 Å². The number of carbonyl (C=O) groups is 3. The number of carbonyl (C=O) groups excluding carboxylic acids is 3. The van der Waals surface area contributed by atoms with E-state index >= 15 is 0 Å². The maximum atomic E-state index is 12.2. The summed E-state index contributed by atoms with van der Waals surface area (Å²) in [5.41, 5.74) is 0.769. The van der Waals surface area contributed by atoms with Crippen LogP contribution in [-0.4, -0.2) is 55.2 Å². The van der Waals surface area contributed by atoms with Gasteiger partial charge in [0, 0.05) is 13.1 Å². The van der Waals surface area contributed by atoms with E-state index in [0.29, 0.717) is 38.3 Å². The molecule has 1 aromatic rings. The molecule has 2 rings (SSSR count). The van der Waals surface area contributed by atoms with Gasteiger partial charge in [-0.15, -0.1) is 0 Å². The first kappa shape index (κ1) is 21.7. The summed E-state index contributed by atoms with van der Waals surface area (Å²) in [5, 5.41) is 0. The molecule has 0 unspecified atom stereocenters. The molecule has 1 aliphatic heterocycles. The second kappa shape index (κ2) is 10.7. The first-order chi connectivity index (χ1) is 13.4. The molecule has 1 amide bonds. The average Bonchev–Trinajstić information content (AvgIpc) is 2.66. The van der Waals surface area contributed by atoms with Crippen molar-refractivity contribution in [3.8, 4) is 5.75 Å². The minimum absolute atomic E-state index is 0.0489. The van der Waals surface area contributed by atoms with Crippen LogP contribution in [0.25, 0.3) is 0 Å². The third-order valence-corrected chi connectivity index (χ3v) is 4.44. The van der Waals surface area contributed by atoms with Gasteiger partial charge in [-0.25, -0.2) is 0 Å². The number of hydrogen-bond donors (Lipinski definition) is 0. The molecule has 7 heteroatoms. The van der Waals surface area contributed by atoms with Crippen LogP contribution in [-0.2, 0) is 30.3 Å². The van der Waals surface area contributed by atoms with Gasteiger partial charge in [-0.1, -0.05) is 12.1 Å². The Hall–Kier alpha value is -2.57. The molecule has 0 atom stereocenters. The number of esters is 2. The number of likely N-dealkylation sites (tertiary alicyclic amines) is 1. The van der Waals surface area contributed by atoms with Gasteiger partial charge < -0.3 is 19.1 Å². The minimum atomic E-state index is -0.462. The van der Waals surface area contributed by atoms with Gasteiger partial charge in [0.1, 0.15) is 5.75 Å². The number of nitrogens with zero attached hydrogens (tertiary/aromatic N) is 1. The van der Waals surface area contributed by atoms with Crippen LogP contribution < -0.4 is 4.74 Å². The molecule has 1 aliphatic rings. The summed E-state index contributed by atoms with van der Waals surface area (Å²) in [5.74, 6) is -0.374. The van der Waals surface area contributed by atoms with E-state index in [1.807, 2.05) is 32.0 Å². The topological polar surface area (TPSA) is 82.1 Å². The van der Waals surface area contributed by atoms with Crippen LogP contribution in [0.3, 0.4) is 0 Å². The van der Waals surface area contributed by atoms with E-state index in [2.05, 4.69) is 0 Å². The van der Waals surface area contributed by atoms with Gasteiger partial charge in [0.25, 0.3) is 5.91 Å². The highest BCUT2D eigenvalue weighted by atomic mass is 16.5. The van der Waals surface area contributed by atoms with Gasteiger partial charge in [0.05, 0.1) is 25.0 Å². The largest absolute Gasteiger partial charge is 0.491 e. The summed E-state index contributed by atoms with van der Waals surface area (Å²) >= 11 is 0.